The van der Waals surface area contributed by atoms with Gasteiger partial charge in [-0.1, -0.05) is 25.0 Å². The highest BCUT2D eigenvalue weighted by Gasteiger charge is 2.52. The fourth-order valence-electron chi connectivity index (χ4n) is 8.18. The first-order valence-electron chi connectivity index (χ1n) is 16.8. The second-order valence-electron chi connectivity index (χ2n) is 14.7. The number of methoxy groups -OCH3 is 1. The maximum absolute atomic E-state index is 12.7. The van der Waals surface area contributed by atoms with Crippen molar-refractivity contribution in [2.75, 3.05) is 18.6 Å². The lowest BCUT2D eigenvalue weighted by molar-refractivity contribution is 0.0505. The van der Waals surface area contributed by atoms with E-state index in [4.69, 9.17) is 19.6 Å². The van der Waals surface area contributed by atoms with Gasteiger partial charge in [0.25, 0.3) is 0 Å². The Kier molecular flexibility index (Phi) is 8.25. The van der Waals surface area contributed by atoms with E-state index in [0.717, 1.165) is 54.6 Å². The molecular formula is C35H47BrN6O3. The van der Waals surface area contributed by atoms with E-state index in [9.17, 15) is 4.79 Å². The summed E-state index contributed by atoms with van der Waals surface area (Å²) in [5.74, 6) is 2.55. The molecule has 0 aliphatic heterocycles. The summed E-state index contributed by atoms with van der Waals surface area (Å²) in [6.45, 7) is 7.50. The summed E-state index contributed by atoms with van der Waals surface area (Å²) in [5.41, 5.74) is 4.35. The fourth-order valence-corrected chi connectivity index (χ4v) is 8.53. The molecule has 2 N–H and O–H groups in total. The number of hydrogen-bond acceptors (Lipinski definition) is 7. The number of nitrogens with one attached hydrogen (secondary N) is 2. The average Bonchev–Trinajstić information content (AvgIpc) is 3.30. The monoisotopic (exact) mass is 678 g/mol. The van der Waals surface area contributed by atoms with Crippen LogP contribution in [0.15, 0.2) is 34.9 Å². The maximum Gasteiger partial charge on any atom is 0.407 e. The van der Waals surface area contributed by atoms with Crippen molar-refractivity contribution in [3.05, 3.63) is 51.8 Å². The molecule has 45 heavy (non-hydrogen) atoms. The van der Waals surface area contributed by atoms with Gasteiger partial charge < -0.3 is 25.0 Å². The lowest BCUT2D eigenvalue weighted by Crippen LogP contribution is -2.40. The quantitative estimate of drug-likeness (QED) is 0.261. The SMILES string of the molecule is COc1ccc(CN(c2c3c(nc4c(Br)cnn24)C2(CCCC2)C(CNC2CC2)C3)[C@H]2CC[C@H](NC(=O)OC(C)(C)C)C2)cc1. The molecule has 1 unspecified atom stereocenters. The summed E-state index contributed by atoms with van der Waals surface area (Å²) in [5, 5.41) is 12.0. The second-order valence-corrected chi connectivity index (χ2v) is 15.6. The van der Waals surface area contributed by atoms with Crippen LogP contribution >= 0.6 is 15.9 Å². The Hall–Kier alpha value is -2.85. The Morgan fingerprint density at radius 1 is 1.11 bits per heavy atom. The van der Waals surface area contributed by atoms with E-state index in [1.165, 1.54) is 61.2 Å². The third-order valence-electron chi connectivity index (χ3n) is 10.5. The fraction of sp³-hybridized carbons (Fsp3) is 0.629. The first-order valence-corrected chi connectivity index (χ1v) is 17.6. The average molecular weight is 680 g/mol. The van der Waals surface area contributed by atoms with Gasteiger partial charge in [-0.15, -0.1) is 0 Å². The standard InChI is InChI=1S/C35H47BrN6O3/c1-34(2,3)45-33(43)39-25-11-12-26(18-25)41(21-22-7-13-27(44-4)14-8-22)32-28-17-23(19-37-24-9-10-24)35(15-5-6-16-35)30(28)40-31-29(36)20-38-42(31)32/h7-8,13-14,20,23-26,37H,5-6,9-12,15-19,21H2,1-4H3,(H,39,43)/t23?,25-,26-/m0/s1. The molecule has 10 heteroatoms. The van der Waals surface area contributed by atoms with Crippen molar-refractivity contribution in [1.29, 1.82) is 0 Å². The van der Waals surface area contributed by atoms with E-state index >= 15 is 0 Å². The molecule has 3 saturated carbocycles. The number of carbonyl (C=O) groups is 1. The summed E-state index contributed by atoms with van der Waals surface area (Å²) in [6.07, 6.45) is 12.8. The molecule has 0 saturated heterocycles. The van der Waals surface area contributed by atoms with Gasteiger partial charge in [0, 0.05) is 35.6 Å². The molecule has 9 nitrogen and oxygen atoms in total. The molecular weight excluding hydrogens is 632 g/mol. The van der Waals surface area contributed by atoms with Gasteiger partial charge in [-0.05, 0) is 118 Å². The van der Waals surface area contributed by atoms with Gasteiger partial charge in [0.15, 0.2) is 5.65 Å². The number of anilines is 1. The molecule has 242 valence electrons. The largest absolute Gasteiger partial charge is 0.497 e. The zero-order chi connectivity index (χ0) is 31.3. The van der Waals surface area contributed by atoms with E-state index in [0.29, 0.717) is 12.0 Å². The zero-order valence-electron chi connectivity index (χ0n) is 27.1. The number of benzene rings is 1. The Balaban J connectivity index is 1.29. The van der Waals surface area contributed by atoms with E-state index in [1.54, 1.807) is 7.11 Å². The highest BCUT2D eigenvalue weighted by Crippen LogP contribution is 2.55. The number of hydrogen-bond donors (Lipinski definition) is 2. The van der Waals surface area contributed by atoms with Crippen LogP contribution in [-0.4, -0.2) is 58.1 Å². The minimum Gasteiger partial charge on any atom is -0.497 e. The summed E-state index contributed by atoms with van der Waals surface area (Å²) in [7, 11) is 1.71. The number of halogens is 1. The zero-order valence-corrected chi connectivity index (χ0v) is 28.7. The number of fused-ring (bicyclic) bond motifs is 3. The molecule has 2 aromatic heterocycles. The summed E-state index contributed by atoms with van der Waals surface area (Å²) in [4.78, 5) is 20.8. The Morgan fingerprint density at radius 2 is 1.84 bits per heavy atom. The van der Waals surface area contributed by atoms with Crippen molar-refractivity contribution in [1.82, 2.24) is 25.2 Å². The molecule has 1 aromatic carbocycles. The Labute approximate surface area is 275 Å². The number of nitrogens with zero attached hydrogens (tertiary/aromatic N) is 4. The number of rotatable bonds is 9. The molecule has 3 atom stereocenters. The van der Waals surface area contributed by atoms with E-state index < -0.39 is 5.60 Å². The molecule has 4 aliphatic rings. The molecule has 0 bridgehead atoms. The Morgan fingerprint density at radius 3 is 2.53 bits per heavy atom. The number of carbonyl (C=O) groups excluding carboxylic acids is 1. The minimum absolute atomic E-state index is 0.0506. The molecule has 2 heterocycles. The molecule has 1 amide bonds. The highest BCUT2D eigenvalue weighted by atomic mass is 79.9. The van der Waals surface area contributed by atoms with Crippen molar-refractivity contribution < 1.29 is 14.3 Å². The first-order chi connectivity index (χ1) is 21.6. The van der Waals surface area contributed by atoms with Crippen molar-refractivity contribution in [2.24, 2.45) is 5.92 Å². The van der Waals surface area contributed by atoms with Crippen LogP contribution in [-0.2, 0) is 23.1 Å². The van der Waals surface area contributed by atoms with Crippen LogP contribution in [0, 0.1) is 5.92 Å². The normalized spacial score (nSPS) is 23.9. The number of aromatic nitrogens is 3. The molecule has 7 rings (SSSR count). The third-order valence-corrected chi connectivity index (χ3v) is 11.0. The van der Waals surface area contributed by atoms with Crippen LogP contribution < -0.4 is 20.3 Å². The molecule has 3 aromatic rings. The highest BCUT2D eigenvalue weighted by molar-refractivity contribution is 9.10. The van der Waals surface area contributed by atoms with Gasteiger partial charge in [-0.25, -0.2) is 9.78 Å². The van der Waals surface area contributed by atoms with Crippen LogP contribution in [0.25, 0.3) is 5.65 Å². The lowest BCUT2D eigenvalue weighted by atomic mass is 9.75. The topological polar surface area (TPSA) is 93.0 Å². The smallest absolute Gasteiger partial charge is 0.407 e. The van der Waals surface area contributed by atoms with Crippen LogP contribution in [0.3, 0.4) is 0 Å². The number of alkyl carbamates (subject to hydrolysis) is 1. The van der Waals surface area contributed by atoms with Crippen molar-refractivity contribution in [2.45, 2.75) is 121 Å². The van der Waals surface area contributed by atoms with Gasteiger partial charge in [0.05, 0.1) is 23.5 Å². The van der Waals surface area contributed by atoms with Gasteiger partial charge in [-0.3, -0.25) is 0 Å². The van der Waals surface area contributed by atoms with E-state index in [-0.39, 0.29) is 23.6 Å². The van der Waals surface area contributed by atoms with Crippen LogP contribution in [0.4, 0.5) is 10.6 Å². The molecule has 4 aliphatic carbocycles. The molecule has 1 spiro atoms. The van der Waals surface area contributed by atoms with Crippen molar-refractivity contribution >= 4 is 33.5 Å². The van der Waals surface area contributed by atoms with E-state index in [2.05, 4.69) is 48.1 Å². The first kappa shape index (κ1) is 30.8. The van der Waals surface area contributed by atoms with Crippen LogP contribution in [0.5, 0.6) is 5.75 Å². The van der Waals surface area contributed by atoms with Crippen LogP contribution in [0.2, 0.25) is 0 Å². The predicted octanol–water partition coefficient (Wildman–Crippen LogP) is 6.69. The maximum atomic E-state index is 12.7. The van der Waals surface area contributed by atoms with Crippen molar-refractivity contribution in [3.8, 4) is 5.75 Å². The third kappa shape index (κ3) is 6.16. The van der Waals surface area contributed by atoms with Gasteiger partial charge >= 0.3 is 6.09 Å². The van der Waals surface area contributed by atoms with Gasteiger partial charge in [0.2, 0.25) is 0 Å². The van der Waals surface area contributed by atoms with E-state index in [1.807, 2.05) is 39.1 Å². The Bertz CT molecular complexity index is 1540. The van der Waals surface area contributed by atoms with Gasteiger partial charge in [-0.2, -0.15) is 9.61 Å². The summed E-state index contributed by atoms with van der Waals surface area (Å²) < 4.78 is 14.1. The summed E-state index contributed by atoms with van der Waals surface area (Å²) >= 11 is 3.80. The van der Waals surface area contributed by atoms with Crippen molar-refractivity contribution in [3.63, 3.8) is 0 Å². The minimum atomic E-state index is -0.528. The van der Waals surface area contributed by atoms with Gasteiger partial charge in [0.1, 0.15) is 17.2 Å². The summed E-state index contributed by atoms with van der Waals surface area (Å²) in [6, 6.07) is 9.36. The lowest BCUT2D eigenvalue weighted by Gasteiger charge is -2.34. The molecule has 0 radical (unpaired) electrons. The number of amides is 1. The van der Waals surface area contributed by atoms with Crippen LogP contribution in [0.1, 0.15) is 95.4 Å². The predicted molar refractivity (Wildman–Crippen MR) is 179 cm³/mol. The second kappa shape index (κ2) is 12.1. The molecule has 3 fully saturated rings. The number of ether oxygens (including phenoxy) is 2.